The van der Waals surface area contributed by atoms with E-state index in [1.807, 2.05) is 61.5 Å². The van der Waals surface area contributed by atoms with Gasteiger partial charge in [-0.3, -0.25) is 9.36 Å². The Morgan fingerprint density at radius 1 is 1.14 bits per heavy atom. The van der Waals surface area contributed by atoms with Crippen LogP contribution >= 0.6 is 11.8 Å². The van der Waals surface area contributed by atoms with Crippen LogP contribution < -0.4 is 10.1 Å². The fourth-order valence-corrected chi connectivity index (χ4v) is 3.73. The van der Waals surface area contributed by atoms with Crippen molar-refractivity contribution in [3.63, 3.8) is 0 Å². The van der Waals surface area contributed by atoms with Crippen LogP contribution in [0, 0.1) is 0 Å². The van der Waals surface area contributed by atoms with E-state index in [-0.39, 0.29) is 11.7 Å². The molecule has 0 spiro atoms. The van der Waals surface area contributed by atoms with Crippen molar-refractivity contribution >= 4 is 23.4 Å². The number of carbonyl (C=O) groups is 1. The highest BCUT2D eigenvalue weighted by molar-refractivity contribution is 7.99. The molecule has 7 heteroatoms. The van der Waals surface area contributed by atoms with Crippen molar-refractivity contribution in [3.8, 4) is 11.4 Å². The summed E-state index contributed by atoms with van der Waals surface area (Å²) in [5.74, 6) is 2.26. The van der Waals surface area contributed by atoms with E-state index in [4.69, 9.17) is 4.74 Å². The van der Waals surface area contributed by atoms with Gasteiger partial charge in [0, 0.05) is 11.6 Å². The topological polar surface area (TPSA) is 69.0 Å². The van der Waals surface area contributed by atoms with E-state index in [0.717, 1.165) is 29.5 Å². The van der Waals surface area contributed by atoms with Crippen LogP contribution in [0.25, 0.3) is 5.69 Å². The number of rotatable bonds is 8. The first-order valence-corrected chi connectivity index (χ1v) is 10.4. The Labute approximate surface area is 168 Å². The van der Waals surface area contributed by atoms with Crippen LogP contribution in [0.15, 0.2) is 59.8 Å². The van der Waals surface area contributed by atoms with E-state index in [1.165, 1.54) is 11.8 Å². The van der Waals surface area contributed by atoms with Crippen LogP contribution in [0.3, 0.4) is 0 Å². The molecule has 0 unspecified atom stereocenters. The maximum atomic E-state index is 12.5. The van der Waals surface area contributed by atoms with Crippen LogP contribution in [0.1, 0.15) is 31.5 Å². The largest absolute Gasteiger partial charge is 0.492 e. The summed E-state index contributed by atoms with van der Waals surface area (Å²) in [6.07, 6.45) is 2.29. The normalized spacial score (nSPS) is 13.3. The van der Waals surface area contributed by atoms with E-state index in [2.05, 4.69) is 20.1 Å². The van der Waals surface area contributed by atoms with Gasteiger partial charge in [-0.25, -0.2) is 0 Å². The lowest BCUT2D eigenvalue weighted by molar-refractivity contribution is -0.113. The third-order valence-electron chi connectivity index (χ3n) is 4.41. The number of hydrogen-bond donors (Lipinski definition) is 1. The summed E-state index contributed by atoms with van der Waals surface area (Å²) in [5, 5.41) is 12.4. The average Bonchev–Trinajstić information content (AvgIpc) is 3.48. The highest BCUT2D eigenvalue weighted by Crippen LogP contribution is 2.41. The number of aromatic nitrogens is 3. The van der Waals surface area contributed by atoms with E-state index >= 15 is 0 Å². The molecule has 1 fully saturated rings. The molecule has 144 valence electrons. The molecule has 28 heavy (non-hydrogen) atoms. The number of ether oxygens (including phenoxy) is 1. The molecule has 6 nitrogen and oxygen atoms in total. The van der Waals surface area contributed by atoms with Gasteiger partial charge in [-0.2, -0.15) is 0 Å². The molecular formula is C21H22N4O2S. The summed E-state index contributed by atoms with van der Waals surface area (Å²) < 4.78 is 7.64. The van der Waals surface area contributed by atoms with E-state index in [1.54, 1.807) is 0 Å². The van der Waals surface area contributed by atoms with Crippen LogP contribution in [-0.2, 0) is 4.79 Å². The van der Waals surface area contributed by atoms with Gasteiger partial charge in [0.2, 0.25) is 5.91 Å². The molecule has 1 aliphatic carbocycles. The molecule has 1 amide bonds. The molecule has 1 heterocycles. The number of hydrogen-bond acceptors (Lipinski definition) is 5. The Morgan fingerprint density at radius 2 is 1.89 bits per heavy atom. The van der Waals surface area contributed by atoms with E-state index in [0.29, 0.717) is 24.0 Å². The predicted octanol–water partition coefficient (Wildman–Crippen LogP) is 4.27. The van der Waals surface area contributed by atoms with Crippen molar-refractivity contribution in [1.82, 2.24) is 14.8 Å². The van der Waals surface area contributed by atoms with Gasteiger partial charge >= 0.3 is 0 Å². The number of amides is 1. The number of anilines is 1. The van der Waals surface area contributed by atoms with Gasteiger partial charge in [0.1, 0.15) is 11.6 Å². The fraction of sp³-hybridized carbons (Fsp3) is 0.286. The monoisotopic (exact) mass is 394 g/mol. The molecule has 0 atom stereocenters. The molecule has 0 radical (unpaired) electrons. The van der Waals surface area contributed by atoms with E-state index in [9.17, 15) is 4.79 Å². The molecule has 1 aliphatic rings. The molecule has 1 aromatic heterocycles. The summed E-state index contributed by atoms with van der Waals surface area (Å²) in [4.78, 5) is 12.5. The van der Waals surface area contributed by atoms with Crippen molar-refractivity contribution in [2.75, 3.05) is 17.7 Å². The highest BCUT2D eigenvalue weighted by Gasteiger charge is 2.31. The number of carbonyl (C=O) groups excluding carboxylic acids is 1. The Balaban J connectivity index is 1.48. The number of nitrogens with one attached hydrogen (secondary N) is 1. The summed E-state index contributed by atoms with van der Waals surface area (Å²) >= 11 is 1.39. The van der Waals surface area contributed by atoms with Gasteiger partial charge in [0.05, 0.1) is 18.0 Å². The Bertz CT molecular complexity index is 954. The quantitative estimate of drug-likeness (QED) is 0.578. The van der Waals surface area contributed by atoms with Crippen molar-refractivity contribution in [3.05, 3.63) is 60.4 Å². The average molecular weight is 395 g/mol. The minimum Gasteiger partial charge on any atom is -0.492 e. The smallest absolute Gasteiger partial charge is 0.234 e. The minimum atomic E-state index is -0.104. The summed E-state index contributed by atoms with van der Waals surface area (Å²) in [7, 11) is 0. The Morgan fingerprint density at radius 3 is 2.64 bits per heavy atom. The van der Waals surface area contributed by atoms with Gasteiger partial charge in [0.15, 0.2) is 5.16 Å². The molecule has 0 saturated heterocycles. The zero-order valence-corrected chi connectivity index (χ0v) is 16.5. The summed E-state index contributed by atoms with van der Waals surface area (Å²) in [5.41, 5.74) is 1.71. The maximum absolute atomic E-state index is 12.5. The van der Waals surface area contributed by atoms with Crippen LogP contribution in [0.4, 0.5) is 5.69 Å². The second-order valence-corrected chi connectivity index (χ2v) is 7.49. The van der Waals surface area contributed by atoms with Gasteiger partial charge in [0.25, 0.3) is 0 Å². The number of thioether (sulfide) groups is 1. The molecule has 4 rings (SSSR count). The molecule has 1 saturated carbocycles. The number of para-hydroxylation sites is 3. The van der Waals surface area contributed by atoms with Gasteiger partial charge in [-0.1, -0.05) is 42.1 Å². The SMILES string of the molecule is CCOc1ccccc1NC(=O)CSc1nnc(C2CC2)n1-c1ccccc1. The molecule has 0 aliphatic heterocycles. The summed E-state index contributed by atoms with van der Waals surface area (Å²) in [6.45, 7) is 2.47. The van der Waals surface area contributed by atoms with Crippen molar-refractivity contribution < 1.29 is 9.53 Å². The Hall–Kier alpha value is -2.80. The highest BCUT2D eigenvalue weighted by atomic mass is 32.2. The van der Waals surface area contributed by atoms with Crippen molar-refractivity contribution in [1.29, 1.82) is 0 Å². The van der Waals surface area contributed by atoms with E-state index < -0.39 is 0 Å². The van der Waals surface area contributed by atoms with Gasteiger partial charge in [-0.05, 0) is 44.0 Å². The molecule has 3 aromatic rings. The first kappa shape index (κ1) is 18.6. The Kier molecular flexibility index (Phi) is 5.62. The minimum absolute atomic E-state index is 0.104. The van der Waals surface area contributed by atoms with Crippen LogP contribution in [0.5, 0.6) is 5.75 Å². The zero-order chi connectivity index (χ0) is 19.3. The van der Waals surface area contributed by atoms with Crippen molar-refractivity contribution in [2.45, 2.75) is 30.8 Å². The second kappa shape index (κ2) is 8.48. The third kappa shape index (κ3) is 4.20. The first-order valence-electron chi connectivity index (χ1n) is 9.41. The zero-order valence-electron chi connectivity index (χ0n) is 15.7. The third-order valence-corrected chi connectivity index (χ3v) is 5.34. The lowest BCUT2D eigenvalue weighted by atomic mass is 10.3. The van der Waals surface area contributed by atoms with Gasteiger partial charge in [-0.15, -0.1) is 10.2 Å². The first-order chi connectivity index (χ1) is 13.8. The summed E-state index contributed by atoms with van der Waals surface area (Å²) in [6, 6.07) is 17.5. The molecule has 0 bridgehead atoms. The maximum Gasteiger partial charge on any atom is 0.234 e. The lowest BCUT2D eigenvalue weighted by Gasteiger charge is -2.12. The second-order valence-electron chi connectivity index (χ2n) is 6.55. The number of benzene rings is 2. The predicted molar refractivity (Wildman–Crippen MR) is 110 cm³/mol. The van der Waals surface area contributed by atoms with Crippen LogP contribution in [-0.4, -0.2) is 33.0 Å². The number of nitrogens with zero attached hydrogens (tertiary/aromatic N) is 3. The van der Waals surface area contributed by atoms with Crippen LogP contribution in [0.2, 0.25) is 0 Å². The molecular weight excluding hydrogens is 372 g/mol. The van der Waals surface area contributed by atoms with Crippen molar-refractivity contribution in [2.24, 2.45) is 0 Å². The molecule has 1 N–H and O–H groups in total. The standard InChI is InChI=1S/C21H22N4O2S/c1-2-27-18-11-7-6-10-17(18)22-19(26)14-28-21-24-23-20(15-12-13-15)25(21)16-8-4-3-5-9-16/h3-11,15H,2,12-14H2,1H3,(H,22,26). The van der Waals surface area contributed by atoms with Gasteiger partial charge < -0.3 is 10.1 Å². The molecule has 2 aromatic carbocycles. The lowest BCUT2D eigenvalue weighted by Crippen LogP contribution is -2.15. The fourth-order valence-electron chi connectivity index (χ4n) is 2.97.